The molecular weight excluding hydrogens is 210 g/mol. The lowest BCUT2D eigenvalue weighted by Crippen LogP contribution is -2.06. The van der Waals surface area contributed by atoms with Crippen molar-refractivity contribution in [1.82, 2.24) is 0 Å². The summed E-state index contributed by atoms with van der Waals surface area (Å²) in [6.07, 6.45) is 2.41. The summed E-state index contributed by atoms with van der Waals surface area (Å²) in [5.74, 6) is -1.39. The minimum atomic E-state index is -0.652. The Morgan fingerprint density at radius 1 is 1.25 bits per heavy atom. The van der Waals surface area contributed by atoms with Gasteiger partial charge in [-0.2, -0.15) is 0 Å². The molecule has 0 amide bonds. The minimum absolute atomic E-state index is 0.0438. The van der Waals surface area contributed by atoms with Crippen LogP contribution in [0.25, 0.3) is 0 Å². The van der Waals surface area contributed by atoms with E-state index in [9.17, 15) is 13.6 Å². The zero-order valence-electron chi connectivity index (χ0n) is 9.39. The summed E-state index contributed by atoms with van der Waals surface area (Å²) < 4.78 is 25.8. The van der Waals surface area contributed by atoms with Gasteiger partial charge in [-0.15, -0.1) is 0 Å². The first-order valence-electron chi connectivity index (χ1n) is 5.20. The summed E-state index contributed by atoms with van der Waals surface area (Å²) in [6, 6.07) is 3.16. The van der Waals surface area contributed by atoms with Crippen LogP contribution in [0.2, 0.25) is 0 Å². The molecule has 0 aliphatic rings. The van der Waals surface area contributed by atoms with Crippen LogP contribution in [0.15, 0.2) is 29.8 Å². The predicted octanol–water partition coefficient (Wildman–Crippen LogP) is 3.43. The van der Waals surface area contributed by atoms with E-state index in [1.54, 1.807) is 13.0 Å². The molecular formula is C13H14F2O. The molecule has 3 heteroatoms. The fourth-order valence-corrected chi connectivity index (χ4v) is 1.57. The molecule has 0 aromatic heterocycles. The second-order valence-electron chi connectivity index (χ2n) is 3.55. The van der Waals surface area contributed by atoms with Crippen molar-refractivity contribution >= 4 is 5.78 Å². The van der Waals surface area contributed by atoms with E-state index in [-0.39, 0.29) is 12.2 Å². The van der Waals surface area contributed by atoms with Crippen LogP contribution in [-0.4, -0.2) is 5.78 Å². The van der Waals surface area contributed by atoms with Crippen LogP contribution in [0.5, 0.6) is 0 Å². The standard InChI is InChI=1S/C13H14F2O/c1-3-10(4-2)13(16)7-9-5-11(14)8-12(15)6-9/h3,5-6,8H,4,7H2,1-2H3/b10-3-. The molecule has 0 bridgehead atoms. The van der Waals surface area contributed by atoms with Crippen LogP contribution < -0.4 is 0 Å². The number of Topliss-reactive ketones (excluding diaryl/α,β-unsaturated/α-hetero) is 1. The van der Waals surface area contributed by atoms with Crippen molar-refractivity contribution < 1.29 is 13.6 Å². The number of allylic oxidation sites excluding steroid dienone is 2. The van der Waals surface area contributed by atoms with Crippen LogP contribution >= 0.6 is 0 Å². The number of carbonyl (C=O) groups is 1. The number of halogens is 2. The maximum atomic E-state index is 12.9. The summed E-state index contributed by atoms with van der Waals surface area (Å²) >= 11 is 0. The van der Waals surface area contributed by atoms with Gasteiger partial charge in [-0.05, 0) is 36.6 Å². The SMILES string of the molecule is C/C=C(/CC)C(=O)Cc1cc(F)cc(F)c1. The number of benzene rings is 1. The maximum absolute atomic E-state index is 12.9. The van der Waals surface area contributed by atoms with E-state index < -0.39 is 11.6 Å². The molecule has 0 radical (unpaired) electrons. The minimum Gasteiger partial charge on any atom is -0.294 e. The van der Waals surface area contributed by atoms with Crippen molar-refractivity contribution in [3.8, 4) is 0 Å². The zero-order valence-corrected chi connectivity index (χ0v) is 9.39. The third-order valence-electron chi connectivity index (χ3n) is 2.37. The highest BCUT2D eigenvalue weighted by Gasteiger charge is 2.09. The van der Waals surface area contributed by atoms with Crippen LogP contribution in [0.1, 0.15) is 25.8 Å². The fourth-order valence-electron chi connectivity index (χ4n) is 1.57. The Hall–Kier alpha value is -1.51. The normalized spacial score (nSPS) is 11.6. The quantitative estimate of drug-likeness (QED) is 0.716. The van der Waals surface area contributed by atoms with Crippen LogP contribution in [0, 0.1) is 11.6 Å². The zero-order chi connectivity index (χ0) is 12.1. The van der Waals surface area contributed by atoms with E-state index in [1.165, 1.54) is 12.1 Å². The van der Waals surface area contributed by atoms with E-state index in [0.717, 1.165) is 6.07 Å². The van der Waals surface area contributed by atoms with Crippen molar-refractivity contribution in [2.75, 3.05) is 0 Å². The highest BCUT2D eigenvalue weighted by Crippen LogP contribution is 2.12. The van der Waals surface area contributed by atoms with Gasteiger partial charge in [0.25, 0.3) is 0 Å². The van der Waals surface area contributed by atoms with Gasteiger partial charge in [0.05, 0.1) is 0 Å². The molecule has 1 nitrogen and oxygen atoms in total. The van der Waals surface area contributed by atoms with Gasteiger partial charge in [-0.25, -0.2) is 8.78 Å². The van der Waals surface area contributed by atoms with Gasteiger partial charge < -0.3 is 0 Å². The molecule has 0 aliphatic carbocycles. The third kappa shape index (κ3) is 3.26. The molecule has 0 saturated carbocycles. The number of ketones is 1. The summed E-state index contributed by atoms with van der Waals surface area (Å²) in [7, 11) is 0. The highest BCUT2D eigenvalue weighted by molar-refractivity contribution is 5.96. The lowest BCUT2D eigenvalue weighted by atomic mass is 10.0. The van der Waals surface area contributed by atoms with E-state index in [2.05, 4.69) is 0 Å². The molecule has 0 aliphatic heterocycles. The van der Waals surface area contributed by atoms with Crippen molar-refractivity contribution in [1.29, 1.82) is 0 Å². The number of carbonyl (C=O) groups excluding carboxylic acids is 1. The van der Waals surface area contributed by atoms with Gasteiger partial charge >= 0.3 is 0 Å². The number of hydrogen-bond donors (Lipinski definition) is 0. The highest BCUT2D eigenvalue weighted by atomic mass is 19.1. The second-order valence-corrected chi connectivity index (χ2v) is 3.55. The van der Waals surface area contributed by atoms with Gasteiger partial charge in [-0.1, -0.05) is 13.0 Å². The van der Waals surface area contributed by atoms with Gasteiger partial charge in [0.1, 0.15) is 11.6 Å². The topological polar surface area (TPSA) is 17.1 Å². The molecule has 0 heterocycles. The monoisotopic (exact) mass is 224 g/mol. The summed E-state index contributed by atoms with van der Waals surface area (Å²) in [5.41, 5.74) is 1.06. The Kier molecular flexibility index (Phi) is 4.35. The Morgan fingerprint density at radius 3 is 2.25 bits per heavy atom. The smallest absolute Gasteiger partial charge is 0.162 e. The lowest BCUT2D eigenvalue weighted by molar-refractivity contribution is -0.115. The Labute approximate surface area is 93.8 Å². The second kappa shape index (κ2) is 5.54. The first-order chi connectivity index (χ1) is 7.56. The molecule has 0 unspecified atom stereocenters. The molecule has 1 aromatic rings. The van der Waals surface area contributed by atoms with Crippen LogP contribution in [0.3, 0.4) is 0 Å². The summed E-state index contributed by atoms with van der Waals surface area (Å²) in [5, 5.41) is 0. The molecule has 16 heavy (non-hydrogen) atoms. The van der Waals surface area contributed by atoms with Crippen molar-refractivity contribution in [3.05, 3.63) is 47.0 Å². The molecule has 0 fully saturated rings. The average molecular weight is 224 g/mol. The van der Waals surface area contributed by atoms with E-state index >= 15 is 0 Å². The molecule has 1 rings (SSSR count). The van der Waals surface area contributed by atoms with Gasteiger partial charge in [0.15, 0.2) is 5.78 Å². The average Bonchev–Trinajstić information content (AvgIpc) is 2.17. The summed E-state index contributed by atoms with van der Waals surface area (Å²) in [6.45, 7) is 3.66. The lowest BCUT2D eigenvalue weighted by Gasteiger charge is -2.04. The van der Waals surface area contributed by atoms with Crippen molar-refractivity contribution in [3.63, 3.8) is 0 Å². The van der Waals surface area contributed by atoms with Gasteiger partial charge in [-0.3, -0.25) is 4.79 Å². The Morgan fingerprint density at radius 2 is 1.81 bits per heavy atom. The molecule has 0 atom stereocenters. The molecule has 0 saturated heterocycles. The third-order valence-corrected chi connectivity index (χ3v) is 2.37. The van der Waals surface area contributed by atoms with Crippen molar-refractivity contribution in [2.24, 2.45) is 0 Å². The van der Waals surface area contributed by atoms with Gasteiger partial charge in [0, 0.05) is 12.5 Å². The Bertz CT molecular complexity index is 402. The fraction of sp³-hybridized carbons (Fsp3) is 0.308. The number of hydrogen-bond acceptors (Lipinski definition) is 1. The predicted molar refractivity (Wildman–Crippen MR) is 59.1 cm³/mol. The molecule has 0 N–H and O–H groups in total. The van der Waals surface area contributed by atoms with Crippen LogP contribution in [-0.2, 0) is 11.2 Å². The molecule has 1 aromatic carbocycles. The first kappa shape index (κ1) is 12.6. The van der Waals surface area contributed by atoms with Crippen LogP contribution in [0.4, 0.5) is 8.78 Å². The van der Waals surface area contributed by atoms with E-state index in [0.29, 0.717) is 17.6 Å². The van der Waals surface area contributed by atoms with E-state index in [1.807, 2.05) is 6.92 Å². The molecule has 0 spiro atoms. The maximum Gasteiger partial charge on any atom is 0.162 e. The summed E-state index contributed by atoms with van der Waals surface area (Å²) in [4.78, 5) is 11.7. The number of rotatable bonds is 4. The Balaban J connectivity index is 2.84. The largest absolute Gasteiger partial charge is 0.294 e. The van der Waals surface area contributed by atoms with Crippen molar-refractivity contribution in [2.45, 2.75) is 26.7 Å². The van der Waals surface area contributed by atoms with E-state index in [4.69, 9.17) is 0 Å². The van der Waals surface area contributed by atoms with Gasteiger partial charge in [0.2, 0.25) is 0 Å². The molecule has 86 valence electrons. The first-order valence-corrected chi connectivity index (χ1v) is 5.20.